The smallest absolute Gasteiger partial charge is 0.276 e. The Morgan fingerprint density at radius 1 is 0.875 bits per heavy atom. The van der Waals surface area contributed by atoms with Crippen molar-refractivity contribution in [3.63, 3.8) is 0 Å². The molecule has 2 aromatic carbocycles. The maximum atomic E-state index is 13.1. The Kier molecular flexibility index (Phi) is 6.49. The minimum absolute atomic E-state index is 0.140. The number of rotatable bonds is 6. The Morgan fingerprint density at radius 2 is 1.62 bits per heavy atom. The molecule has 1 amide bonds. The summed E-state index contributed by atoms with van der Waals surface area (Å²) in [6.45, 7) is 2.89. The van der Waals surface area contributed by atoms with E-state index in [4.69, 9.17) is 18.7 Å². The van der Waals surface area contributed by atoms with E-state index in [0.717, 1.165) is 30.9 Å². The van der Waals surface area contributed by atoms with Crippen LogP contribution in [0.15, 0.2) is 53.1 Å². The van der Waals surface area contributed by atoms with Crippen LogP contribution in [0, 0.1) is 0 Å². The molecule has 1 aliphatic heterocycles. The summed E-state index contributed by atoms with van der Waals surface area (Å²) in [6.07, 6.45) is 0.867. The van der Waals surface area contributed by atoms with Crippen LogP contribution < -0.4 is 19.1 Å². The van der Waals surface area contributed by atoms with Crippen LogP contribution in [0.2, 0.25) is 0 Å². The highest BCUT2D eigenvalue weighted by atomic mass is 16.5. The molecule has 1 fully saturated rings. The molecule has 8 nitrogen and oxygen atoms in total. The topological polar surface area (TPSA) is 77.3 Å². The molecule has 2 heterocycles. The lowest BCUT2D eigenvalue weighted by Crippen LogP contribution is -2.35. The second kappa shape index (κ2) is 9.64. The van der Waals surface area contributed by atoms with E-state index < -0.39 is 0 Å². The molecule has 4 rings (SSSR count). The van der Waals surface area contributed by atoms with Gasteiger partial charge in [-0.15, -0.1) is 0 Å². The maximum Gasteiger partial charge on any atom is 0.276 e. The van der Waals surface area contributed by atoms with Crippen LogP contribution in [0.25, 0.3) is 11.3 Å². The summed E-state index contributed by atoms with van der Waals surface area (Å²) in [5.41, 5.74) is 2.08. The monoisotopic (exact) mass is 437 g/mol. The van der Waals surface area contributed by atoms with Crippen molar-refractivity contribution in [2.24, 2.45) is 0 Å². The summed E-state index contributed by atoms with van der Waals surface area (Å²) in [5, 5.41) is 4.04. The first kappa shape index (κ1) is 21.5. The van der Waals surface area contributed by atoms with Crippen molar-refractivity contribution in [1.29, 1.82) is 0 Å². The third-order valence-corrected chi connectivity index (χ3v) is 5.62. The highest BCUT2D eigenvalue weighted by molar-refractivity contribution is 5.93. The number of amides is 1. The van der Waals surface area contributed by atoms with Gasteiger partial charge in [-0.05, 0) is 48.9 Å². The van der Waals surface area contributed by atoms with Crippen LogP contribution in [0.3, 0.4) is 0 Å². The largest absolute Gasteiger partial charge is 0.497 e. The highest BCUT2D eigenvalue weighted by Gasteiger charge is 2.24. The molecular weight excluding hydrogens is 410 g/mol. The van der Waals surface area contributed by atoms with Crippen molar-refractivity contribution in [2.45, 2.75) is 6.42 Å². The van der Waals surface area contributed by atoms with E-state index in [0.29, 0.717) is 35.9 Å². The first-order valence-electron chi connectivity index (χ1n) is 10.5. The highest BCUT2D eigenvalue weighted by Crippen LogP contribution is 2.34. The fourth-order valence-electron chi connectivity index (χ4n) is 3.84. The molecule has 168 valence electrons. The van der Waals surface area contributed by atoms with E-state index in [2.05, 4.69) is 10.1 Å². The van der Waals surface area contributed by atoms with Crippen LogP contribution in [-0.4, -0.2) is 63.5 Å². The summed E-state index contributed by atoms with van der Waals surface area (Å²) < 4.78 is 21.4. The molecule has 1 aliphatic rings. The van der Waals surface area contributed by atoms with E-state index >= 15 is 0 Å². The van der Waals surface area contributed by atoms with Gasteiger partial charge in [0.1, 0.15) is 17.2 Å². The normalized spacial score (nSPS) is 14.1. The van der Waals surface area contributed by atoms with Crippen molar-refractivity contribution >= 4 is 11.6 Å². The van der Waals surface area contributed by atoms with Crippen LogP contribution in [0.1, 0.15) is 16.9 Å². The van der Waals surface area contributed by atoms with Gasteiger partial charge in [0, 0.05) is 37.9 Å². The van der Waals surface area contributed by atoms with Gasteiger partial charge in [-0.3, -0.25) is 4.79 Å². The molecule has 0 aliphatic carbocycles. The average Bonchev–Trinajstić information content (AvgIpc) is 3.21. The second-order valence-electron chi connectivity index (χ2n) is 7.47. The molecule has 0 spiro atoms. The van der Waals surface area contributed by atoms with Gasteiger partial charge in [0.2, 0.25) is 0 Å². The molecule has 32 heavy (non-hydrogen) atoms. The fraction of sp³-hybridized carbons (Fsp3) is 0.333. The molecule has 1 saturated heterocycles. The number of benzene rings is 2. The number of methoxy groups -OCH3 is 3. The first-order chi connectivity index (χ1) is 15.6. The molecule has 0 saturated carbocycles. The van der Waals surface area contributed by atoms with Crippen LogP contribution in [0.4, 0.5) is 5.69 Å². The van der Waals surface area contributed by atoms with Crippen LogP contribution >= 0.6 is 0 Å². The van der Waals surface area contributed by atoms with Crippen molar-refractivity contribution in [2.75, 3.05) is 52.4 Å². The van der Waals surface area contributed by atoms with Gasteiger partial charge >= 0.3 is 0 Å². The molecule has 1 aromatic heterocycles. The zero-order valence-electron chi connectivity index (χ0n) is 18.5. The van der Waals surface area contributed by atoms with Gasteiger partial charge in [0.05, 0.1) is 26.9 Å². The SMILES string of the molecule is COc1ccc(N2CCCN(C(=O)c3cc(-c4cc(OC)ccc4OC)on3)CC2)cc1. The molecule has 8 heteroatoms. The number of carbonyl (C=O) groups is 1. The number of hydrogen-bond acceptors (Lipinski definition) is 7. The minimum atomic E-state index is -0.140. The van der Waals surface area contributed by atoms with Crippen molar-refractivity contribution in [3.05, 3.63) is 54.2 Å². The van der Waals surface area contributed by atoms with E-state index in [1.165, 1.54) is 0 Å². The molecule has 3 aromatic rings. The van der Waals surface area contributed by atoms with E-state index in [-0.39, 0.29) is 11.6 Å². The van der Waals surface area contributed by atoms with E-state index in [1.54, 1.807) is 45.6 Å². The number of carbonyl (C=O) groups excluding carboxylic acids is 1. The lowest BCUT2D eigenvalue weighted by atomic mass is 10.1. The van der Waals surface area contributed by atoms with Gasteiger partial charge in [0.15, 0.2) is 11.5 Å². The number of anilines is 1. The molecule has 0 atom stereocenters. The number of aromatic nitrogens is 1. The van der Waals surface area contributed by atoms with E-state index in [9.17, 15) is 4.79 Å². The third kappa shape index (κ3) is 4.49. The first-order valence-corrected chi connectivity index (χ1v) is 10.5. The van der Waals surface area contributed by atoms with Crippen molar-refractivity contribution < 1.29 is 23.5 Å². The predicted molar refractivity (Wildman–Crippen MR) is 121 cm³/mol. The van der Waals surface area contributed by atoms with Crippen LogP contribution in [0.5, 0.6) is 17.2 Å². The van der Waals surface area contributed by atoms with Gasteiger partial charge in [-0.25, -0.2) is 0 Å². The zero-order valence-corrected chi connectivity index (χ0v) is 18.5. The lowest BCUT2D eigenvalue weighted by molar-refractivity contribution is 0.0756. The summed E-state index contributed by atoms with van der Waals surface area (Å²) in [4.78, 5) is 17.2. The third-order valence-electron chi connectivity index (χ3n) is 5.62. The van der Waals surface area contributed by atoms with Gasteiger partial charge in [0.25, 0.3) is 5.91 Å². The van der Waals surface area contributed by atoms with Gasteiger partial charge in [-0.1, -0.05) is 5.16 Å². The Bertz CT molecular complexity index is 1060. The molecule has 0 unspecified atom stereocenters. The second-order valence-corrected chi connectivity index (χ2v) is 7.47. The molecule has 0 radical (unpaired) electrons. The quantitative estimate of drug-likeness (QED) is 0.582. The van der Waals surface area contributed by atoms with Crippen molar-refractivity contribution in [3.8, 4) is 28.6 Å². The minimum Gasteiger partial charge on any atom is -0.497 e. The lowest BCUT2D eigenvalue weighted by Gasteiger charge is -2.23. The standard InChI is InChI=1S/C24H27N3O5/c1-29-18-7-5-17(6-8-18)26-11-4-12-27(14-13-26)24(28)21-16-23(32-25-21)20-15-19(30-2)9-10-22(20)31-3/h5-10,15-16H,4,11-14H2,1-3H3. The summed E-state index contributed by atoms with van der Waals surface area (Å²) in [5.74, 6) is 2.43. The van der Waals surface area contributed by atoms with E-state index in [1.807, 2.05) is 29.2 Å². The number of ether oxygens (including phenoxy) is 3. The Balaban J connectivity index is 1.47. The van der Waals surface area contributed by atoms with Gasteiger partial charge < -0.3 is 28.5 Å². The predicted octanol–water partition coefficient (Wildman–Crippen LogP) is 3.72. The number of nitrogens with zero attached hydrogens (tertiary/aromatic N) is 3. The Labute approximate surface area is 187 Å². The summed E-state index contributed by atoms with van der Waals surface area (Å²) in [6, 6.07) is 15.0. The molecule has 0 bridgehead atoms. The number of hydrogen-bond donors (Lipinski definition) is 0. The Hall–Kier alpha value is -3.68. The fourth-order valence-corrected chi connectivity index (χ4v) is 3.84. The van der Waals surface area contributed by atoms with Crippen molar-refractivity contribution in [1.82, 2.24) is 10.1 Å². The Morgan fingerprint density at radius 3 is 2.34 bits per heavy atom. The average molecular weight is 437 g/mol. The molecular formula is C24H27N3O5. The van der Waals surface area contributed by atoms with Gasteiger partial charge in [-0.2, -0.15) is 0 Å². The summed E-state index contributed by atoms with van der Waals surface area (Å²) >= 11 is 0. The van der Waals surface area contributed by atoms with Crippen LogP contribution in [-0.2, 0) is 0 Å². The maximum absolute atomic E-state index is 13.1. The zero-order chi connectivity index (χ0) is 22.5. The molecule has 0 N–H and O–H groups in total. The summed E-state index contributed by atoms with van der Waals surface area (Å²) in [7, 11) is 4.83.